The van der Waals surface area contributed by atoms with Crippen molar-refractivity contribution in [3.05, 3.63) is 81.2 Å². The summed E-state index contributed by atoms with van der Waals surface area (Å²) in [5.74, 6) is 0.689. The maximum absolute atomic E-state index is 17.3. The van der Waals surface area contributed by atoms with Crippen molar-refractivity contribution in [3.8, 4) is 29.5 Å². The van der Waals surface area contributed by atoms with E-state index in [1.54, 1.807) is 37.0 Å². The molecule has 0 unspecified atom stereocenters. The Morgan fingerprint density at radius 1 is 1.08 bits per heavy atom. The van der Waals surface area contributed by atoms with Crippen LogP contribution < -0.4 is 9.64 Å². The molecule has 266 valence electrons. The van der Waals surface area contributed by atoms with Gasteiger partial charge in [0.05, 0.1) is 39.2 Å². The first-order valence-corrected chi connectivity index (χ1v) is 17.4. The van der Waals surface area contributed by atoms with Crippen LogP contribution in [-0.4, -0.2) is 86.3 Å². The van der Waals surface area contributed by atoms with Gasteiger partial charge in [0.1, 0.15) is 23.8 Å². The van der Waals surface area contributed by atoms with Gasteiger partial charge in [0, 0.05) is 44.2 Å². The predicted octanol–water partition coefficient (Wildman–Crippen LogP) is 5.93. The number of terminal acetylenes is 1. The molecule has 3 aromatic carbocycles. The van der Waals surface area contributed by atoms with E-state index in [-0.39, 0.29) is 62.8 Å². The molecule has 2 saturated heterocycles. The van der Waals surface area contributed by atoms with E-state index in [9.17, 15) is 14.9 Å². The zero-order valence-electron chi connectivity index (χ0n) is 28.9. The van der Waals surface area contributed by atoms with Gasteiger partial charge >= 0.3 is 6.01 Å². The predicted molar refractivity (Wildman–Crippen MR) is 191 cm³/mol. The van der Waals surface area contributed by atoms with Crippen LogP contribution in [0.1, 0.15) is 53.8 Å². The third kappa shape index (κ3) is 5.47. The molecule has 3 aliphatic heterocycles. The second-order valence-corrected chi connectivity index (χ2v) is 14.0. The molecule has 0 atom stereocenters. The topological polar surface area (TPSA) is 123 Å². The minimum absolute atomic E-state index is 0.0520. The monoisotopic (exact) mass is 706 g/mol. The van der Waals surface area contributed by atoms with Gasteiger partial charge in [-0.15, -0.1) is 6.42 Å². The van der Waals surface area contributed by atoms with Crippen molar-refractivity contribution in [3.63, 3.8) is 0 Å². The summed E-state index contributed by atoms with van der Waals surface area (Å²) in [7, 11) is 3.31. The Kier molecular flexibility index (Phi) is 8.25. The maximum Gasteiger partial charge on any atom is 0.319 e. The molecule has 0 N–H and O–H groups in total. The molecule has 14 heteroatoms. The number of carbonyl (C=O) groups is 1. The quantitative estimate of drug-likeness (QED) is 0.115. The molecule has 5 aromatic rings. The summed E-state index contributed by atoms with van der Waals surface area (Å²) in [5.41, 5.74) is -0.271. The summed E-state index contributed by atoms with van der Waals surface area (Å²) in [6.45, 7) is 3.50. The molecule has 0 saturated carbocycles. The lowest BCUT2D eigenvalue weighted by molar-refractivity contribution is -0.384. The van der Waals surface area contributed by atoms with E-state index in [2.05, 4.69) is 20.9 Å². The van der Waals surface area contributed by atoms with E-state index in [1.165, 1.54) is 29.2 Å². The summed E-state index contributed by atoms with van der Waals surface area (Å²) in [5, 5.41) is 18.1. The number of ether oxygens (including phenoxy) is 1. The Balaban J connectivity index is 1.32. The van der Waals surface area contributed by atoms with Crippen LogP contribution in [0.25, 0.3) is 32.8 Å². The van der Waals surface area contributed by atoms with E-state index in [0.717, 1.165) is 44.5 Å². The number of anilines is 1. The van der Waals surface area contributed by atoms with Gasteiger partial charge in [0.15, 0.2) is 11.5 Å². The van der Waals surface area contributed by atoms with Crippen LogP contribution in [0.15, 0.2) is 42.5 Å². The number of fused-ring (bicyclic) bond motifs is 4. The van der Waals surface area contributed by atoms with Gasteiger partial charge in [-0.2, -0.15) is 15.1 Å². The molecular weight excluding hydrogens is 670 g/mol. The summed E-state index contributed by atoms with van der Waals surface area (Å²) in [6, 6.07) is 10.5. The average Bonchev–Trinajstić information content (AvgIpc) is 3.80. The second kappa shape index (κ2) is 12.8. The number of benzene rings is 3. The minimum atomic E-state index is -0.974. The van der Waals surface area contributed by atoms with Crippen molar-refractivity contribution in [2.45, 2.75) is 50.7 Å². The van der Waals surface area contributed by atoms with Crippen molar-refractivity contribution in [2.24, 2.45) is 0 Å². The number of amides is 1. The molecule has 0 aliphatic carbocycles. The largest absolute Gasteiger partial charge is 0.461 e. The van der Waals surface area contributed by atoms with Crippen LogP contribution in [0, 0.1) is 34.1 Å². The number of hydrogen-bond acceptors (Lipinski definition) is 9. The number of hydrogen-bond donors (Lipinski definition) is 0. The Hall–Kier alpha value is -5.68. The number of nitrogens with zero attached hydrogens (tertiary/aromatic N) is 8. The first-order chi connectivity index (χ1) is 25.1. The zero-order valence-corrected chi connectivity index (χ0v) is 28.9. The van der Waals surface area contributed by atoms with Crippen LogP contribution in [0.5, 0.6) is 6.01 Å². The summed E-state index contributed by atoms with van der Waals surface area (Å²) in [6.07, 6.45) is 10.4. The number of nitro benzene ring substituents is 1. The fourth-order valence-electron chi connectivity index (χ4n) is 8.22. The van der Waals surface area contributed by atoms with Crippen LogP contribution in [-0.2, 0) is 13.1 Å². The van der Waals surface area contributed by atoms with Crippen LogP contribution >= 0.6 is 0 Å². The number of halogens is 2. The third-order valence-corrected chi connectivity index (χ3v) is 10.7. The fourth-order valence-corrected chi connectivity index (χ4v) is 8.22. The maximum atomic E-state index is 17.3. The summed E-state index contributed by atoms with van der Waals surface area (Å²) >= 11 is 0. The second-order valence-electron chi connectivity index (χ2n) is 14.0. The smallest absolute Gasteiger partial charge is 0.319 e. The number of aryl methyl sites for hydroxylation is 1. The molecule has 2 fully saturated rings. The van der Waals surface area contributed by atoms with E-state index in [4.69, 9.17) is 16.1 Å². The molecule has 12 nitrogen and oxygen atoms in total. The molecule has 1 amide bonds. The van der Waals surface area contributed by atoms with Crippen molar-refractivity contribution in [2.75, 3.05) is 45.2 Å². The van der Waals surface area contributed by atoms with E-state index < -0.39 is 22.2 Å². The lowest BCUT2D eigenvalue weighted by Gasteiger charge is -2.31. The molecule has 8 rings (SSSR count). The van der Waals surface area contributed by atoms with Gasteiger partial charge in [-0.25, -0.2) is 8.78 Å². The average molecular weight is 707 g/mol. The summed E-state index contributed by atoms with van der Waals surface area (Å²) in [4.78, 5) is 40.1. The Labute approximate surface area is 298 Å². The Morgan fingerprint density at radius 3 is 2.60 bits per heavy atom. The fraction of sp³-hybridized carbons (Fsp3) is 0.368. The highest BCUT2D eigenvalue weighted by Crippen LogP contribution is 2.44. The SMILES string of the molecule is C#Cc1c(F)ccc2cccc(-c3c([N+](=O)[O-])cc4c(N5CCCn6nc(C(=O)N(C)C)cc6C5)nc(OCC56CCCN5CCC6)nc4c3F)c12. The van der Waals surface area contributed by atoms with E-state index in [1.807, 2.05) is 4.90 Å². The summed E-state index contributed by atoms with van der Waals surface area (Å²) < 4.78 is 40.5. The van der Waals surface area contributed by atoms with E-state index in [0.29, 0.717) is 37.2 Å². The lowest BCUT2D eigenvalue weighted by Crippen LogP contribution is -2.43. The van der Waals surface area contributed by atoms with Gasteiger partial charge in [-0.3, -0.25) is 24.5 Å². The molecule has 3 aliphatic rings. The molecule has 0 spiro atoms. The van der Waals surface area contributed by atoms with Gasteiger partial charge in [-0.05, 0) is 62.7 Å². The Morgan fingerprint density at radius 2 is 1.87 bits per heavy atom. The van der Waals surface area contributed by atoms with Gasteiger partial charge in [0.2, 0.25) is 0 Å². The molecule has 2 aromatic heterocycles. The molecule has 52 heavy (non-hydrogen) atoms. The van der Waals surface area contributed by atoms with Crippen molar-refractivity contribution < 1.29 is 23.2 Å². The van der Waals surface area contributed by atoms with Crippen LogP contribution in [0.2, 0.25) is 0 Å². The number of nitro groups is 1. The van der Waals surface area contributed by atoms with E-state index >= 15 is 8.78 Å². The highest BCUT2D eigenvalue weighted by Gasteiger charge is 2.45. The van der Waals surface area contributed by atoms with Crippen LogP contribution in [0.4, 0.5) is 20.3 Å². The van der Waals surface area contributed by atoms with Gasteiger partial charge in [-0.1, -0.05) is 30.2 Å². The van der Waals surface area contributed by atoms with Crippen molar-refractivity contribution in [1.82, 2.24) is 29.5 Å². The number of aromatic nitrogens is 4. The Bertz CT molecular complexity index is 2320. The molecule has 0 bridgehead atoms. The first kappa shape index (κ1) is 33.5. The number of carbonyl (C=O) groups excluding carboxylic acids is 1. The lowest BCUT2D eigenvalue weighted by atomic mass is 9.92. The third-order valence-electron chi connectivity index (χ3n) is 10.7. The van der Waals surface area contributed by atoms with Crippen molar-refractivity contribution >= 4 is 39.1 Å². The zero-order chi connectivity index (χ0) is 36.3. The highest BCUT2D eigenvalue weighted by atomic mass is 19.1. The van der Waals surface area contributed by atoms with Gasteiger partial charge < -0.3 is 14.5 Å². The molecular formula is C38H36F2N8O4. The first-order valence-electron chi connectivity index (χ1n) is 17.4. The number of rotatable bonds is 7. The van der Waals surface area contributed by atoms with Crippen LogP contribution in [0.3, 0.4) is 0 Å². The highest BCUT2D eigenvalue weighted by molar-refractivity contribution is 6.06. The normalized spacial score (nSPS) is 16.8. The van der Waals surface area contributed by atoms with Crippen molar-refractivity contribution in [1.29, 1.82) is 0 Å². The molecule has 5 heterocycles. The van der Waals surface area contributed by atoms with Gasteiger partial charge in [0.25, 0.3) is 11.6 Å². The standard InChI is InChI=1S/C38H36F2N8O4/c1-4-25-28(39)12-11-23-9-5-10-26(31(23)25)32-30(48(50)51)20-27-34(33(32)40)41-37(52-22-38-13-6-16-46(38)17-7-14-38)42-35(27)45-15-8-18-47-24(21-45)19-29(43-47)36(49)44(2)3/h1,5,9-12,19-20H,6-8,13-18,21-22H2,2-3H3. The molecule has 0 radical (unpaired) electrons. The minimum Gasteiger partial charge on any atom is -0.461 e.